The number of amides is 1. The van der Waals surface area contributed by atoms with Crippen molar-refractivity contribution in [2.75, 3.05) is 11.1 Å². The van der Waals surface area contributed by atoms with E-state index in [2.05, 4.69) is 5.32 Å². The van der Waals surface area contributed by atoms with Gasteiger partial charge in [0.2, 0.25) is 0 Å². The van der Waals surface area contributed by atoms with Crippen LogP contribution < -0.4 is 11.1 Å². The molecule has 1 aromatic heterocycles. The SMILES string of the molecule is Cc1sc(N)c(C(=O)Nc2cccc(C(F)(F)F)c2)c1C. The molecule has 3 nitrogen and oxygen atoms in total. The van der Waals surface area contributed by atoms with Crippen LogP contribution in [0.5, 0.6) is 0 Å². The predicted molar refractivity (Wildman–Crippen MR) is 77.6 cm³/mol. The molecule has 1 aromatic carbocycles. The normalized spacial score (nSPS) is 11.5. The van der Waals surface area contributed by atoms with Crippen LogP contribution in [0, 0.1) is 13.8 Å². The summed E-state index contributed by atoms with van der Waals surface area (Å²) in [5.41, 5.74) is 6.09. The zero-order valence-electron chi connectivity index (χ0n) is 11.3. The van der Waals surface area contributed by atoms with Gasteiger partial charge in [-0.2, -0.15) is 13.2 Å². The van der Waals surface area contributed by atoms with Gasteiger partial charge in [0.15, 0.2) is 0 Å². The molecule has 0 aliphatic carbocycles. The van der Waals surface area contributed by atoms with Crippen molar-refractivity contribution >= 4 is 27.9 Å². The number of anilines is 2. The van der Waals surface area contributed by atoms with Crippen LogP contribution in [0.3, 0.4) is 0 Å². The minimum atomic E-state index is -4.45. The van der Waals surface area contributed by atoms with E-state index in [1.165, 1.54) is 23.5 Å². The van der Waals surface area contributed by atoms with Crippen molar-refractivity contribution in [3.05, 3.63) is 45.8 Å². The molecule has 2 aromatic rings. The number of thiophene rings is 1. The van der Waals surface area contributed by atoms with Crippen LogP contribution in [0.2, 0.25) is 0 Å². The van der Waals surface area contributed by atoms with Gasteiger partial charge in [-0.25, -0.2) is 0 Å². The van der Waals surface area contributed by atoms with Gasteiger partial charge in [0.05, 0.1) is 16.1 Å². The molecule has 0 saturated carbocycles. The molecule has 21 heavy (non-hydrogen) atoms. The van der Waals surface area contributed by atoms with Crippen LogP contribution in [0.15, 0.2) is 24.3 Å². The van der Waals surface area contributed by atoms with Gasteiger partial charge in [-0.15, -0.1) is 11.3 Å². The first-order valence-corrected chi connectivity index (χ1v) is 6.86. The number of halogens is 3. The summed E-state index contributed by atoms with van der Waals surface area (Å²) in [6.45, 7) is 3.58. The molecule has 7 heteroatoms. The molecule has 2 rings (SSSR count). The highest BCUT2D eigenvalue weighted by molar-refractivity contribution is 7.16. The summed E-state index contributed by atoms with van der Waals surface area (Å²) in [4.78, 5) is 13.1. The Labute approximate surface area is 123 Å². The zero-order chi connectivity index (χ0) is 15.8. The number of hydrogen-bond acceptors (Lipinski definition) is 3. The van der Waals surface area contributed by atoms with Crippen LogP contribution in [0.25, 0.3) is 0 Å². The Balaban J connectivity index is 2.28. The highest BCUT2D eigenvalue weighted by atomic mass is 32.1. The number of alkyl halides is 3. The van der Waals surface area contributed by atoms with E-state index >= 15 is 0 Å². The Hall–Kier alpha value is -2.02. The van der Waals surface area contributed by atoms with Gasteiger partial charge in [-0.3, -0.25) is 4.79 Å². The third-order valence-corrected chi connectivity index (χ3v) is 4.12. The average Bonchev–Trinajstić information content (AvgIpc) is 2.62. The van der Waals surface area contributed by atoms with Crippen molar-refractivity contribution in [1.29, 1.82) is 0 Å². The van der Waals surface area contributed by atoms with Crippen molar-refractivity contribution in [3.63, 3.8) is 0 Å². The molecule has 0 aliphatic rings. The Morgan fingerprint density at radius 2 is 1.95 bits per heavy atom. The number of nitrogens with two attached hydrogens (primary N) is 1. The summed E-state index contributed by atoms with van der Waals surface area (Å²) in [7, 11) is 0. The lowest BCUT2D eigenvalue weighted by Crippen LogP contribution is -2.15. The minimum Gasteiger partial charge on any atom is -0.390 e. The smallest absolute Gasteiger partial charge is 0.390 e. The number of hydrogen-bond donors (Lipinski definition) is 2. The van der Waals surface area contributed by atoms with Crippen molar-refractivity contribution in [2.24, 2.45) is 0 Å². The molecule has 0 radical (unpaired) electrons. The molecule has 112 valence electrons. The molecule has 0 unspecified atom stereocenters. The Morgan fingerprint density at radius 1 is 1.29 bits per heavy atom. The van der Waals surface area contributed by atoms with Gasteiger partial charge in [0.1, 0.15) is 0 Å². The second-order valence-electron chi connectivity index (χ2n) is 4.56. The van der Waals surface area contributed by atoms with Crippen LogP contribution >= 0.6 is 11.3 Å². The lowest BCUT2D eigenvalue weighted by Gasteiger charge is -2.10. The highest BCUT2D eigenvalue weighted by Crippen LogP contribution is 2.32. The fraction of sp³-hybridized carbons (Fsp3) is 0.214. The number of carbonyl (C=O) groups is 1. The van der Waals surface area contributed by atoms with E-state index in [4.69, 9.17) is 5.73 Å². The second kappa shape index (κ2) is 5.40. The minimum absolute atomic E-state index is 0.0810. The van der Waals surface area contributed by atoms with Crippen molar-refractivity contribution < 1.29 is 18.0 Å². The molecule has 0 spiro atoms. The first-order valence-electron chi connectivity index (χ1n) is 6.04. The maximum absolute atomic E-state index is 12.6. The van der Waals surface area contributed by atoms with Gasteiger partial charge in [-0.05, 0) is 37.6 Å². The summed E-state index contributed by atoms with van der Waals surface area (Å²) in [5, 5.41) is 2.81. The molecule has 0 saturated heterocycles. The summed E-state index contributed by atoms with van der Waals surface area (Å²) in [6, 6.07) is 4.48. The zero-order valence-corrected chi connectivity index (χ0v) is 12.2. The fourth-order valence-corrected chi connectivity index (χ4v) is 2.84. The lowest BCUT2D eigenvalue weighted by molar-refractivity contribution is -0.137. The number of benzene rings is 1. The third-order valence-electron chi connectivity index (χ3n) is 3.09. The Bertz CT molecular complexity index is 692. The van der Waals surface area contributed by atoms with E-state index in [9.17, 15) is 18.0 Å². The standard InChI is InChI=1S/C14H13F3N2OS/c1-7-8(2)21-12(18)11(7)13(20)19-10-5-3-4-9(6-10)14(15,16)17/h3-6H,18H2,1-2H3,(H,19,20). The van der Waals surface area contributed by atoms with E-state index in [0.717, 1.165) is 22.6 Å². The van der Waals surface area contributed by atoms with E-state index in [1.807, 2.05) is 6.92 Å². The van der Waals surface area contributed by atoms with Crippen molar-refractivity contribution in [2.45, 2.75) is 20.0 Å². The summed E-state index contributed by atoms with van der Waals surface area (Å²) in [5.74, 6) is -0.506. The summed E-state index contributed by atoms with van der Waals surface area (Å²) in [6.07, 6.45) is -4.45. The van der Waals surface area contributed by atoms with E-state index in [-0.39, 0.29) is 5.69 Å². The van der Waals surface area contributed by atoms with Crippen LogP contribution in [-0.4, -0.2) is 5.91 Å². The number of aryl methyl sites for hydroxylation is 1. The molecule has 0 atom stereocenters. The topological polar surface area (TPSA) is 55.1 Å². The van der Waals surface area contributed by atoms with Crippen LogP contribution in [-0.2, 0) is 6.18 Å². The molecule has 1 heterocycles. The van der Waals surface area contributed by atoms with Gasteiger partial charge < -0.3 is 11.1 Å². The molecule has 1 amide bonds. The monoisotopic (exact) mass is 314 g/mol. The number of rotatable bonds is 2. The number of carbonyl (C=O) groups excluding carboxylic acids is 1. The van der Waals surface area contributed by atoms with Crippen LogP contribution in [0.1, 0.15) is 26.4 Å². The van der Waals surface area contributed by atoms with Crippen LogP contribution in [0.4, 0.5) is 23.9 Å². The number of nitrogens with one attached hydrogen (secondary N) is 1. The second-order valence-corrected chi connectivity index (χ2v) is 5.81. The molecular weight excluding hydrogens is 301 g/mol. The first-order chi connectivity index (χ1) is 9.70. The maximum atomic E-state index is 12.6. The Morgan fingerprint density at radius 3 is 2.48 bits per heavy atom. The predicted octanol–water partition coefficient (Wildman–Crippen LogP) is 4.22. The van der Waals surface area contributed by atoms with Gasteiger partial charge in [0, 0.05) is 10.6 Å². The fourth-order valence-electron chi connectivity index (χ4n) is 1.90. The van der Waals surface area contributed by atoms with E-state index in [0.29, 0.717) is 10.6 Å². The summed E-state index contributed by atoms with van der Waals surface area (Å²) >= 11 is 1.28. The lowest BCUT2D eigenvalue weighted by atomic mass is 10.1. The molecule has 0 fully saturated rings. The van der Waals surface area contributed by atoms with Gasteiger partial charge >= 0.3 is 6.18 Å². The van der Waals surface area contributed by atoms with Gasteiger partial charge in [0.25, 0.3) is 5.91 Å². The molecule has 3 N–H and O–H groups in total. The molecule has 0 aliphatic heterocycles. The Kier molecular flexibility index (Phi) is 3.95. The van der Waals surface area contributed by atoms with Crippen molar-refractivity contribution in [3.8, 4) is 0 Å². The molecule has 0 bridgehead atoms. The van der Waals surface area contributed by atoms with E-state index < -0.39 is 17.6 Å². The van der Waals surface area contributed by atoms with E-state index in [1.54, 1.807) is 6.92 Å². The quantitative estimate of drug-likeness (QED) is 0.872. The number of nitrogen functional groups attached to an aromatic ring is 1. The van der Waals surface area contributed by atoms with Gasteiger partial charge in [-0.1, -0.05) is 6.07 Å². The first kappa shape index (κ1) is 15.4. The molecular formula is C14H13F3N2OS. The van der Waals surface area contributed by atoms with Crippen molar-refractivity contribution in [1.82, 2.24) is 0 Å². The summed E-state index contributed by atoms with van der Waals surface area (Å²) < 4.78 is 37.9. The third kappa shape index (κ3) is 3.18. The average molecular weight is 314 g/mol. The maximum Gasteiger partial charge on any atom is 0.416 e. The highest BCUT2D eigenvalue weighted by Gasteiger charge is 2.30. The largest absolute Gasteiger partial charge is 0.416 e.